The molecule has 2 heteroatoms. The van der Waals surface area contributed by atoms with Crippen LogP contribution in [-0.2, 0) is 4.79 Å². The number of allylic oxidation sites excluding steroid dienone is 1. The second-order valence-electron chi connectivity index (χ2n) is 10.7. The van der Waals surface area contributed by atoms with E-state index in [4.69, 9.17) is 5.73 Å². The van der Waals surface area contributed by atoms with Gasteiger partial charge in [0, 0.05) is 11.8 Å². The molecule has 1 unspecified atom stereocenters. The van der Waals surface area contributed by atoms with E-state index in [1.54, 1.807) is 0 Å². The van der Waals surface area contributed by atoms with Gasteiger partial charge < -0.3 is 5.73 Å². The van der Waals surface area contributed by atoms with Crippen molar-refractivity contribution < 1.29 is 4.79 Å². The standard InChI is InChI=1S/C24H39NO/c1-16-14-18-15-17(6-4-5-13-25)9-11-23(18,2)20-10-12-24(3)19(22(16)20)7-8-21(24)26/h4,6,16-20,22H,5,7-15,25H2,1-3H3/t16-,17-,18?,19+,20+,22+,23+,24+/m1/s1. The summed E-state index contributed by atoms with van der Waals surface area (Å²) in [4.78, 5) is 12.6. The highest BCUT2D eigenvalue weighted by Gasteiger charge is 2.61. The van der Waals surface area contributed by atoms with Crippen LogP contribution in [0.2, 0.25) is 0 Å². The molecule has 4 saturated carbocycles. The third kappa shape index (κ3) is 2.74. The molecular weight excluding hydrogens is 318 g/mol. The number of rotatable bonds is 3. The molecule has 0 aromatic carbocycles. The van der Waals surface area contributed by atoms with Gasteiger partial charge in [-0.3, -0.25) is 4.79 Å². The largest absolute Gasteiger partial charge is 0.330 e. The van der Waals surface area contributed by atoms with Gasteiger partial charge in [0.05, 0.1) is 0 Å². The Morgan fingerprint density at radius 2 is 1.92 bits per heavy atom. The molecule has 0 spiro atoms. The van der Waals surface area contributed by atoms with Gasteiger partial charge in [0.1, 0.15) is 5.78 Å². The molecule has 0 radical (unpaired) electrons. The zero-order valence-electron chi connectivity index (χ0n) is 17.2. The molecule has 26 heavy (non-hydrogen) atoms. The monoisotopic (exact) mass is 357 g/mol. The fraction of sp³-hybridized carbons (Fsp3) is 0.875. The molecule has 0 saturated heterocycles. The van der Waals surface area contributed by atoms with Crippen molar-refractivity contribution in [2.45, 2.75) is 78.6 Å². The van der Waals surface area contributed by atoms with Crippen LogP contribution in [0.3, 0.4) is 0 Å². The van der Waals surface area contributed by atoms with Crippen molar-refractivity contribution in [2.75, 3.05) is 6.54 Å². The van der Waals surface area contributed by atoms with Crippen molar-refractivity contribution >= 4 is 5.78 Å². The lowest BCUT2D eigenvalue weighted by Crippen LogP contribution is -2.56. The lowest BCUT2D eigenvalue weighted by atomic mass is 9.42. The van der Waals surface area contributed by atoms with E-state index in [0.29, 0.717) is 17.1 Å². The molecular formula is C24H39NO. The molecule has 0 heterocycles. The van der Waals surface area contributed by atoms with Crippen LogP contribution >= 0.6 is 0 Å². The Balaban J connectivity index is 1.55. The van der Waals surface area contributed by atoms with Gasteiger partial charge in [-0.1, -0.05) is 32.9 Å². The van der Waals surface area contributed by atoms with E-state index in [0.717, 1.165) is 55.4 Å². The Hall–Kier alpha value is -0.630. The molecule has 0 aliphatic heterocycles. The zero-order valence-corrected chi connectivity index (χ0v) is 17.2. The Morgan fingerprint density at radius 1 is 1.12 bits per heavy atom. The lowest BCUT2D eigenvalue weighted by molar-refractivity contribution is -0.148. The molecule has 4 fully saturated rings. The molecule has 2 N–H and O–H groups in total. The summed E-state index contributed by atoms with van der Waals surface area (Å²) in [5.41, 5.74) is 6.18. The van der Waals surface area contributed by atoms with Gasteiger partial charge in [-0.15, -0.1) is 0 Å². The first-order valence-corrected chi connectivity index (χ1v) is 11.3. The van der Waals surface area contributed by atoms with Crippen molar-refractivity contribution in [3.05, 3.63) is 12.2 Å². The molecule has 2 nitrogen and oxygen atoms in total. The smallest absolute Gasteiger partial charge is 0.139 e. The van der Waals surface area contributed by atoms with Gasteiger partial charge in [0.25, 0.3) is 0 Å². The summed E-state index contributed by atoms with van der Waals surface area (Å²) in [6, 6.07) is 0. The normalized spacial score (nSPS) is 51.2. The van der Waals surface area contributed by atoms with E-state index in [1.807, 2.05) is 0 Å². The van der Waals surface area contributed by atoms with E-state index < -0.39 is 0 Å². The Labute approximate surface area is 160 Å². The van der Waals surface area contributed by atoms with Crippen LogP contribution in [0.4, 0.5) is 0 Å². The van der Waals surface area contributed by atoms with Gasteiger partial charge in [-0.05, 0) is 98.8 Å². The van der Waals surface area contributed by atoms with Crippen LogP contribution in [0.15, 0.2) is 12.2 Å². The summed E-state index contributed by atoms with van der Waals surface area (Å²) >= 11 is 0. The maximum atomic E-state index is 12.6. The van der Waals surface area contributed by atoms with Crippen LogP contribution in [0.25, 0.3) is 0 Å². The van der Waals surface area contributed by atoms with Gasteiger partial charge in [-0.25, -0.2) is 0 Å². The SMILES string of the molecule is C[C@@H]1CC2C[C@H](C=CCCN)CC[C@]2(C)[C@H]2CC[C@]3(C)C(=O)CC[C@H]3[C@H]12. The maximum Gasteiger partial charge on any atom is 0.139 e. The average Bonchev–Trinajstić information content (AvgIpc) is 2.92. The van der Waals surface area contributed by atoms with Crippen molar-refractivity contribution in [2.24, 2.45) is 52.1 Å². The van der Waals surface area contributed by atoms with Crippen LogP contribution in [-0.4, -0.2) is 12.3 Å². The number of ketones is 1. The summed E-state index contributed by atoms with van der Waals surface area (Å²) in [5, 5.41) is 0. The highest BCUT2D eigenvalue weighted by Crippen LogP contribution is 2.67. The summed E-state index contributed by atoms with van der Waals surface area (Å²) in [6.45, 7) is 8.22. The van der Waals surface area contributed by atoms with E-state index in [1.165, 1.54) is 38.5 Å². The Bertz CT molecular complexity index is 583. The Morgan fingerprint density at radius 3 is 2.69 bits per heavy atom. The summed E-state index contributed by atoms with van der Waals surface area (Å²) < 4.78 is 0. The number of carbonyl (C=O) groups excluding carboxylic acids is 1. The number of nitrogens with two attached hydrogens (primary N) is 1. The summed E-state index contributed by atoms with van der Waals surface area (Å²) in [6.07, 6.45) is 15.8. The highest BCUT2D eigenvalue weighted by atomic mass is 16.1. The summed E-state index contributed by atoms with van der Waals surface area (Å²) in [7, 11) is 0. The predicted molar refractivity (Wildman–Crippen MR) is 108 cm³/mol. The number of hydrogen-bond acceptors (Lipinski definition) is 2. The third-order valence-corrected chi connectivity index (χ3v) is 9.52. The van der Waals surface area contributed by atoms with Crippen molar-refractivity contribution in [3.63, 3.8) is 0 Å². The van der Waals surface area contributed by atoms with Crippen molar-refractivity contribution in [1.82, 2.24) is 0 Å². The molecule has 0 bridgehead atoms. The molecule has 4 aliphatic carbocycles. The van der Waals surface area contributed by atoms with E-state index in [9.17, 15) is 4.79 Å². The molecule has 4 rings (SSSR count). The highest BCUT2D eigenvalue weighted by molar-refractivity contribution is 5.87. The number of carbonyl (C=O) groups is 1. The predicted octanol–water partition coefficient (Wildman–Crippen LogP) is 5.37. The first-order valence-electron chi connectivity index (χ1n) is 11.3. The second kappa shape index (κ2) is 6.76. The first-order chi connectivity index (χ1) is 12.4. The average molecular weight is 358 g/mol. The molecule has 4 aliphatic rings. The maximum absolute atomic E-state index is 12.6. The number of Topliss-reactive ketones (excluding diaryl/α,β-unsaturated/α-hetero) is 1. The molecule has 0 amide bonds. The topological polar surface area (TPSA) is 43.1 Å². The van der Waals surface area contributed by atoms with Crippen LogP contribution in [0, 0.1) is 46.3 Å². The minimum Gasteiger partial charge on any atom is -0.330 e. The van der Waals surface area contributed by atoms with Gasteiger partial charge in [-0.2, -0.15) is 0 Å². The van der Waals surface area contributed by atoms with E-state index in [-0.39, 0.29) is 5.41 Å². The molecule has 8 atom stereocenters. The zero-order chi connectivity index (χ0) is 18.5. The summed E-state index contributed by atoms with van der Waals surface area (Å²) in [5.74, 6) is 5.34. The number of hydrogen-bond donors (Lipinski definition) is 1. The number of fused-ring (bicyclic) bond motifs is 5. The molecule has 0 aromatic heterocycles. The molecule has 0 aromatic rings. The van der Waals surface area contributed by atoms with Crippen molar-refractivity contribution in [3.8, 4) is 0 Å². The van der Waals surface area contributed by atoms with Crippen LogP contribution in [0.5, 0.6) is 0 Å². The van der Waals surface area contributed by atoms with Gasteiger partial charge >= 0.3 is 0 Å². The van der Waals surface area contributed by atoms with Gasteiger partial charge in [0.2, 0.25) is 0 Å². The first kappa shape index (κ1) is 18.7. The minimum absolute atomic E-state index is 0.0147. The Kier molecular flexibility index (Phi) is 4.87. The van der Waals surface area contributed by atoms with Crippen LogP contribution in [0.1, 0.15) is 78.6 Å². The van der Waals surface area contributed by atoms with Crippen LogP contribution < -0.4 is 5.73 Å². The van der Waals surface area contributed by atoms with E-state index >= 15 is 0 Å². The lowest BCUT2D eigenvalue weighted by Gasteiger charge is -2.62. The fourth-order valence-electron chi connectivity index (χ4n) is 8.00. The second-order valence-corrected chi connectivity index (χ2v) is 10.7. The van der Waals surface area contributed by atoms with E-state index in [2.05, 4.69) is 32.9 Å². The van der Waals surface area contributed by atoms with Gasteiger partial charge in [0.15, 0.2) is 0 Å². The minimum atomic E-state index is 0.0147. The quantitative estimate of drug-likeness (QED) is 0.690. The third-order valence-electron chi connectivity index (χ3n) is 9.52. The fourth-order valence-corrected chi connectivity index (χ4v) is 8.00. The van der Waals surface area contributed by atoms with Crippen molar-refractivity contribution in [1.29, 1.82) is 0 Å². The molecule has 146 valence electrons.